The summed E-state index contributed by atoms with van der Waals surface area (Å²) in [4.78, 5) is 27.1. The third kappa shape index (κ3) is 3.32. The Morgan fingerprint density at radius 1 is 1.22 bits per heavy atom. The maximum atomic E-state index is 12.6. The summed E-state index contributed by atoms with van der Waals surface area (Å²) >= 11 is 5.18. The van der Waals surface area contributed by atoms with Gasteiger partial charge in [0.25, 0.3) is 5.56 Å². The predicted octanol–water partition coefficient (Wildman–Crippen LogP) is 1.32. The number of nitrogens with one attached hydrogen (secondary N) is 1. The van der Waals surface area contributed by atoms with Crippen LogP contribution >= 0.6 is 12.2 Å². The summed E-state index contributed by atoms with van der Waals surface area (Å²) in [5, 5.41) is 16.0. The zero-order valence-electron chi connectivity index (χ0n) is 14.4. The second-order valence-corrected chi connectivity index (χ2v) is 5.78. The molecule has 0 bridgehead atoms. The number of hydrogen-bond donors (Lipinski definition) is 1. The smallest absolute Gasteiger partial charge is 0.282 e. The average Bonchev–Trinajstić information content (AvgIpc) is 2.66. The Hall–Kier alpha value is -3.46. The Kier molecular flexibility index (Phi) is 5.04. The topological polar surface area (TPSA) is 109 Å². The van der Waals surface area contributed by atoms with Gasteiger partial charge in [0.1, 0.15) is 0 Å². The number of aromatic nitrogens is 2. The molecule has 9 heteroatoms. The van der Waals surface area contributed by atoms with Crippen molar-refractivity contribution in [1.29, 1.82) is 0 Å². The minimum Gasteiger partial charge on any atom is -0.545 e. The lowest BCUT2D eigenvalue weighted by Gasteiger charge is -2.15. The second kappa shape index (κ2) is 7.42. The van der Waals surface area contributed by atoms with E-state index in [1.807, 2.05) is 0 Å². The number of carboxylic acid groups (broad SMARTS) is 1. The van der Waals surface area contributed by atoms with Crippen molar-refractivity contribution < 1.29 is 19.4 Å². The van der Waals surface area contributed by atoms with E-state index in [1.54, 1.807) is 24.3 Å². The van der Waals surface area contributed by atoms with E-state index in [4.69, 9.17) is 21.7 Å². The molecule has 2 aromatic carbocycles. The van der Waals surface area contributed by atoms with E-state index >= 15 is 0 Å². The summed E-state index contributed by atoms with van der Waals surface area (Å²) < 4.78 is 11.3. The number of hydrogen-bond acceptors (Lipinski definition) is 7. The summed E-state index contributed by atoms with van der Waals surface area (Å²) in [5.41, 5.74) is 0.0769. The van der Waals surface area contributed by atoms with Gasteiger partial charge in [-0.25, -0.2) is 0 Å². The van der Waals surface area contributed by atoms with E-state index in [-0.39, 0.29) is 27.4 Å². The summed E-state index contributed by atoms with van der Waals surface area (Å²) in [6.07, 6.45) is 1.20. The number of aromatic carboxylic acids is 1. The SMILES string of the molecule is COc1ccc(/C=N\n2c(=S)[nH]c3ccccc3c2=O)c(C(=O)[O-])c1OC. The van der Waals surface area contributed by atoms with Crippen molar-refractivity contribution in [2.24, 2.45) is 5.10 Å². The summed E-state index contributed by atoms with van der Waals surface area (Å²) in [6, 6.07) is 9.85. The highest BCUT2D eigenvalue weighted by Crippen LogP contribution is 2.32. The Labute approximate surface area is 158 Å². The number of fused-ring (bicyclic) bond motifs is 1. The number of nitrogens with zero attached hydrogens (tertiary/aromatic N) is 2. The summed E-state index contributed by atoms with van der Waals surface area (Å²) in [6.45, 7) is 0. The van der Waals surface area contributed by atoms with E-state index in [2.05, 4.69) is 10.1 Å². The van der Waals surface area contributed by atoms with Crippen LogP contribution in [0.25, 0.3) is 10.9 Å². The van der Waals surface area contributed by atoms with Gasteiger partial charge in [0, 0.05) is 5.56 Å². The Balaban J connectivity index is 2.18. The molecule has 0 unspecified atom stereocenters. The molecule has 0 saturated carbocycles. The van der Waals surface area contributed by atoms with Crippen LogP contribution in [0.4, 0.5) is 0 Å². The molecular formula is C18H14N3O5S-. The van der Waals surface area contributed by atoms with Gasteiger partial charge in [-0.2, -0.15) is 9.78 Å². The zero-order chi connectivity index (χ0) is 19.6. The maximum absolute atomic E-state index is 12.6. The number of methoxy groups -OCH3 is 2. The number of para-hydroxylation sites is 1. The van der Waals surface area contributed by atoms with Crippen LogP contribution in [0.15, 0.2) is 46.3 Å². The third-order valence-corrected chi connectivity index (χ3v) is 4.15. The molecule has 3 rings (SSSR count). The first-order chi connectivity index (χ1) is 13.0. The number of aromatic amines is 1. The van der Waals surface area contributed by atoms with Crippen LogP contribution in [0.3, 0.4) is 0 Å². The van der Waals surface area contributed by atoms with Crippen LogP contribution in [-0.2, 0) is 0 Å². The minimum absolute atomic E-state index is 0.00234. The Morgan fingerprint density at radius 2 is 1.96 bits per heavy atom. The van der Waals surface area contributed by atoms with Gasteiger partial charge < -0.3 is 24.4 Å². The summed E-state index contributed by atoms with van der Waals surface area (Å²) in [7, 11) is 2.70. The van der Waals surface area contributed by atoms with Gasteiger partial charge in [0.05, 0.1) is 42.9 Å². The number of carbonyl (C=O) groups is 1. The van der Waals surface area contributed by atoms with E-state index in [9.17, 15) is 14.7 Å². The molecule has 0 aliphatic rings. The lowest BCUT2D eigenvalue weighted by molar-refractivity contribution is -0.255. The molecule has 3 aromatic rings. The monoisotopic (exact) mass is 384 g/mol. The van der Waals surface area contributed by atoms with Crippen LogP contribution in [0.5, 0.6) is 11.5 Å². The number of benzene rings is 2. The quantitative estimate of drug-likeness (QED) is 0.525. The molecule has 1 aromatic heterocycles. The largest absolute Gasteiger partial charge is 0.545 e. The number of carboxylic acids is 1. The highest BCUT2D eigenvalue weighted by atomic mass is 32.1. The average molecular weight is 384 g/mol. The molecule has 1 heterocycles. The maximum Gasteiger partial charge on any atom is 0.282 e. The molecular weight excluding hydrogens is 370 g/mol. The van der Waals surface area contributed by atoms with Gasteiger partial charge in [0.15, 0.2) is 11.5 Å². The van der Waals surface area contributed by atoms with E-state index < -0.39 is 11.5 Å². The van der Waals surface area contributed by atoms with Crippen LogP contribution in [0, 0.1) is 4.77 Å². The van der Waals surface area contributed by atoms with E-state index in [1.165, 1.54) is 32.6 Å². The fourth-order valence-corrected chi connectivity index (χ4v) is 2.88. The zero-order valence-corrected chi connectivity index (χ0v) is 15.2. The molecule has 0 spiro atoms. The van der Waals surface area contributed by atoms with Crippen molar-refractivity contribution in [2.45, 2.75) is 0 Å². The fraction of sp³-hybridized carbons (Fsp3) is 0.111. The molecule has 0 fully saturated rings. The standard InChI is InChI=1S/C18H15N3O5S/c1-25-13-8-7-10(14(17(23)24)15(13)26-2)9-19-21-16(22)11-5-3-4-6-12(11)20-18(21)27/h3-9H,1-2H3,(H,20,27)(H,23,24)/p-1/b19-9-. The molecule has 0 atom stereocenters. The van der Waals surface area contributed by atoms with Crippen LogP contribution < -0.4 is 20.1 Å². The van der Waals surface area contributed by atoms with Crippen molar-refractivity contribution in [1.82, 2.24) is 9.66 Å². The lowest BCUT2D eigenvalue weighted by Crippen LogP contribution is -2.25. The number of H-pyrrole nitrogens is 1. The molecule has 138 valence electrons. The summed E-state index contributed by atoms with van der Waals surface area (Å²) in [5.74, 6) is -1.24. The number of rotatable bonds is 5. The predicted molar refractivity (Wildman–Crippen MR) is 100 cm³/mol. The molecule has 0 aliphatic carbocycles. The first kappa shape index (κ1) is 18.3. The first-order valence-corrected chi connectivity index (χ1v) is 8.13. The molecule has 0 aliphatic heterocycles. The molecule has 0 radical (unpaired) electrons. The van der Waals surface area contributed by atoms with Gasteiger partial charge in [-0.3, -0.25) is 4.79 Å². The van der Waals surface area contributed by atoms with Crippen molar-refractivity contribution in [3.8, 4) is 11.5 Å². The van der Waals surface area contributed by atoms with Gasteiger partial charge in [-0.15, -0.1) is 0 Å². The molecule has 0 saturated heterocycles. The van der Waals surface area contributed by atoms with Gasteiger partial charge in [0.2, 0.25) is 4.77 Å². The molecule has 1 N–H and O–H groups in total. The molecule has 27 heavy (non-hydrogen) atoms. The first-order valence-electron chi connectivity index (χ1n) is 7.72. The fourth-order valence-electron chi connectivity index (χ4n) is 2.64. The van der Waals surface area contributed by atoms with Crippen LogP contribution in [0.2, 0.25) is 0 Å². The lowest BCUT2D eigenvalue weighted by atomic mass is 10.1. The Bertz CT molecular complexity index is 1180. The van der Waals surface area contributed by atoms with E-state index in [0.29, 0.717) is 10.9 Å². The van der Waals surface area contributed by atoms with Gasteiger partial charge in [-0.1, -0.05) is 12.1 Å². The van der Waals surface area contributed by atoms with Gasteiger partial charge in [-0.05, 0) is 36.5 Å². The van der Waals surface area contributed by atoms with Gasteiger partial charge >= 0.3 is 0 Å². The Morgan fingerprint density at radius 3 is 2.63 bits per heavy atom. The van der Waals surface area contributed by atoms with Crippen LogP contribution in [-0.4, -0.2) is 36.1 Å². The van der Waals surface area contributed by atoms with E-state index in [0.717, 1.165) is 4.68 Å². The van der Waals surface area contributed by atoms with Crippen molar-refractivity contribution >= 4 is 35.3 Å². The molecule has 8 nitrogen and oxygen atoms in total. The number of carbonyl (C=O) groups excluding carboxylic acids is 1. The van der Waals surface area contributed by atoms with Crippen molar-refractivity contribution in [2.75, 3.05) is 14.2 Å². The third-order valence-electron chi connectivity index (χ3n) is 3.88. The van der Waals surface area contributed by atoms with Crippen molar-refractivity contribution in [3.63, 3.8) is 0 Å². The minimum atomic E-state index is -1.47. The normalized spacial score (nSPS) is 11.0. The van der Waals surface area contributed by atoms with Crippen molar-refractivity contribution in [3.05, 3.63) is 62.6 Å². The highest BCUT2D eigenvalue weighted by Gasteiger charge is 2.15. The second-order valence-electron chi connectivity index (χ2n) is 5.39. The molecule has 0 amide bonds. The van der Waals surface area contributed by atoms with Crippen LogP contribution in [0.1, 0.15) is 15.9 Å². The highest BCUT2D eigenvalue weighted by molar-refractivity contribution is 7.71. The number of ether oxygens (including phenoxy) is 2.